The first-order valence-electron chi connectivity index (χ1n) is 4.79. The standard InChI is InChI=1S/C10H12ClN3O/c1-2-9-12-8(11)7-10(13-9)14-3-5-15-6-4-14/h2,7H,1,3-6H2. The quantitative estimate of drug-likeness (QED) is 0.717. The zero-order chi connectivity index (χ0) is 10.7. The molecule has 80 valence electrons. The van der Waals surface area contributed by atoms with E-state index in [1.54, 1.807) is 12.1 Å². The number of rotatable bonds is 2. The first-order chi connectivity index (χ1) is 7.29. The number of morpholine rings is 1. The number of anilines is 1. The van der Waals surface area contributed by atoms with Crippen molar-refractivity contribution in [1.82, 2.24) is 9.97 Å². The largest absolute Gasteiger partial charge is 0.378 e. The molecule has 0 N–H and O–H groups in total. The molecule has 4 nitrogen and oxygen atoms in total. The van der Waals surface area contributed by atoms with Crippen LogP contribution >= 0.6 is 11.6 Å². The summed E-state index contributed by atoms with van der Waals surface area (Å²) < 4.78 is 5.27. The van der Waals surface area contributed by atoms with Crippen molar-refractivity contribution in [3.63, 3.8) is 0 Å². The fourth-order valence-corrected chi connectivity index (χ4v) is 1.65. The summed E-state index contributed by atoms with van der Waals surface area (Å²) in [6, 6.07) is 1.76. The van der Waals surface area contributed by atoms with Crippen LogP contribution in [0, 0.1) is 0 Å². The molecule has 2 rings (SSSR count). The molecule has 0 aliphatic carbocycles. The van der Waals surface area contributed by atoms with Crippen molar-refractivity contribution in [2.75, 3.05) is 31.2 Å². The van der Waals surface area contributed by atoms with Gasteiger partial charge in [-0.3, -0.25) is 0 Å². The Kier molecular flexibility index (Phi) is 3.18. The Morgan fingerprint density at radius 2 is 2.13 bits per heavy atom. The van der Waals surface area contributed by atoms with Crippen molar-refractivity contribution < 1.29 is 4.74 Å². The van der Waals surface area contributed by atoms with Gasteiger partial charge in [0.05, 0.1) is 13.2 Å². The van der Waals surface area contributed by atoms with Gasteiger partial charge in [-0.05, 0) is 6.08 Å². The summed E-state index contributed by atoms with van der Waals surface area (Å²) >= 11 is 5.89. The predicted octanol–water partition coefficient (Wildman–Crippen LogP) is 1.61. The van der Waals surface area contributed by atoms with Crippen LogP contribution in [0.15, 0.2) is 12.6 Å². The third kappa shape index (κ3) is 2.46. The van der Waals surface area contributed by atoms with E-state index in [2.05, 4.69) is 21.4 Å². The molecule has 0 aromatic carbocycles. The highest BCUT2D eigenvalue weighted by molar-refractivity contribution is 6.29. The summed E-state index contributed by atoms with van der Waals surface area (Å²) in [6.07, 6.45) is 1.59. The van der Waals surface area contributed by atoms with Crippen LogP contribution in [0.3, 0.4) is 0 Å². The highest BCUT2D eigenvalue weighted by atomic mass is 35.5. The van der Waals surface area contributed by atoms with Crippen LogP contribution in [0.25, 0.3) is 6.08 Å². The zero-order valence-corrected chi connectivity index (χ0v) is 9.07. The summed E-state index contributed by atoms with van der Waals surface area (Å²) in [4.78, 5) is 10.5. The highest BCUT2D eigenvalue weighted by Crippen LogP contribution is 2.17. The van der Waals surface area contributed by atoms with Crippen LogP contribution in [0.2, 0.25) is 5.15 Å². The van der Waals surface area contributed by atoms with Crippen LogP contribution in [-0.4, -0.2) is 36.3 Å². The van der Waals surface area contributed by atoms with Crippen LogP contribution in [-0.2, 0) is 4.74 Å². The molecule has 0 bridgehead atoms. The molecule has 5 heteroatoms. The summed E-state index contributed by atoms with van der Waals surface area (Å²) in [5.41, 5.74) is 0. The predicted molar refractivity (Wildman–Crippen MR) is 60.2 cm³/mol. The molecular formula is C10H12ClN3O. The minimum atomic E-state index is 0.446. The minimum Gasteiger partial charge on any atom is -0.378 e. The van der Waals surface area contributed by atoms with E-state index in [0.29, 0.717) is 11.0 Å². The van der Waals surface area contributed by atoms with Crippen molar-refractivity contribution in [3.8, 4) is 0 Å². The topological polar surface area (TPSA) is 38.2 Å². The lowest BCUT2D eigenvalue weighted by Crippen LogP contribution is -2.36. The van der Waals surface area contributed by atoms with Gasteiger partial charge in [0, 0.05) is 19.2 Å². The number of halogens is 1. The summed E-state index contributed by atoms with van der Waals surface area (Å²) in [5, 5.41) is 0.446. The number of aromatic nitrogens is 2. The molecule has 1 aromatic heterocycles. The van der Waals surface area contributed by atoms with E-state index in [0.717, 1.165) is 32.1 Å². The van der Waals surface area contributed by atoms with E-state index in [4.69, 9.17) is 16.3 Å². The van der Waals surface area contributed by atoms with Gasteiger partial charge in [0.25, 0.3) is 0 Å². The van der Waals surface area contributed by atoms with E-state index < -0.39 is 0 Å². The van der Waals surface area contributed by atoms with Crippen molar-refractivity contribution in [3.05, 3.63) is 23.6 Å². The Bertz CT molecular complexity index is 364. The summed E-state index contributed by atoms with van der Waals surface area (Å²) in [6.45, 7) is 6.76. The molecule has 0 radical (unpaired) electrons. The molecule has 2 heterocycles. The maximum Gasteiger partial charge on any atom is 0.155 e. The van der Waals surface area contributed by atoms with Gasteiger partial charge in [0.1, 0.15) is 11.0 Å². The number of hydrogen-bond acceptors (Lipinski definition) is 4. The lowest BCUT2D eigenvalue weighted by atomic mass is 10.4. The average molecular weight is 226 g/mol. The molecule has 0 spiro atoms. The molecule has 1 saturated heterocycles. The smallest absolute Gasteiger partial charge is 0.155 e. The fourth-order valence-electron chi connectivity index (χ4n) is 1.47. The Balaban J connectivity index is 2.25. The van der Waals surface area contributed by atoms with Gasteiger partial charge in [0.2, 0.25) is 0 Å². The maximum absolute atomic E-state index is 5.89. The first-order valence-corrected chi connectivity index (χ1v) is 5.17. The maximum atomic E-state index is 5.89. The zero-order valence-electron chi connectivity index (χ0n) is 8.32. The van der Waals surface area contributed by atoms with Gasteiger partial charge >= 0.3 is 0 Å². The van der Waals surface area contributed by atoms with E-state index in [1.807, 2.05) is 0 Å². The molecule has 1 aromatic rings. The van der Waals surface area contributed by atoms with Crippen LogP contribution < -0.4 is 4.90 Å². The lowest BCUT2D eigenvalue weighted by Gasteiger charge is -2.27. The van der Waals surface area contributed by atoms with Crippen LogP contribution in [0.1, 0.15) is 5.82 Å². The third-order valence-corrected chi connectivity index (χ3v) is 2.41. The first kappa shape index (κ1) is 10.4. The monoisotopic (exact) mass is 225 g/mol. The Labute approximate surface area is 93.5 Å². The van der Waals surface area contributed by atoms with E-state index >= 15 is 0 Å². The second-order valence-electron chi connectivity index (χ2n) is 3.21. The number of ether oxygens (including phenoxy) is 1. The highest BCUT2D eigenvalue weighted by Gasteiger charge is 2.13. The van der Waals surface area contributed by atoms with E-state index in [9.17, 15) is 0 Å². The van der Waals surface area contributed by atoms with Crippen LogP contribution in [0.5, 0.6) is 0 Å². The Morgan fingerprint density at radius 3 is 2.80 bits per heavy atom. The van der Waals surface area contributed by atoms with Gasteiger partial charge in [-0.25, -0.2) is 9.97 Å². The lowest BCUT2D eigenvalue weighted by molar-refractivity contribution is 0.122. The second-order valence-corrected chi connectivity index (χ2v) is 3.60. The molecule has 1 fully saturated rings. The van der Waals surface area contributed by atoms with Gasteiger partial charge in [-0.15, -0.1) is 0 Å². The summed E-state index contributed by atoms with van der Waals surface area (Å²) in [5.74, 6) is 1.40. The molecular weight excluding hydrogens is 214 g/mol. The van der Waals surface area contributed by atoms with Crippen molar-refractivity contribution in [2.24, 2.45) is 0 Å². The fraction of sp³-hybridized carbons (Fsp3) is 0.400. The molecule has 0 atom stereocenters. The van der Waals surface area contributed by atoms with Gasteiger partial charge < -0.3 is 9.64 Å². The SMILES string of the molecule is C=Cc1nc(Cl)cc(N2CCOCC2)n1. The average Bonchev–Trinajstić information content (AvgIpc) is 2.29. The van der Waals surface area contributed by atoms with Crippen molar-refractivity contribution in [1.29, 1.82) is 0 Å². The molecule has 1 aliphatic heterocycles. The number of nitrogens with zero attached hydrogens (tertiary/aromatic N) is 3. The molecule has 0 saturated carbocycles. The van der Waals surface area contributed by atoms with Gasteiger partial charge in [-0.2, -0.15) is 0 Å². The van der Waals surface area contributed by atoms with Crippen LogP contribution in [0.4, 0.5) is 5.82 Å². The Hall–Kier alpha value is -1.13. The molecule has 15 heavy (non-hydrogen) atoms. The molecule has 1 aliphatic rings. The summed E-state index contributed by atoms with van der Waals surface area (Å²) in [7, 11) is 0. The number of hydrogen-bond donors (Lipinski definition) is 0. The van der Waals surface area contributed by atoms with Crippen molar-refractivity contribution in [2.45, 2.75) is 0 Å². The van der Waals surface area contributed by atoms with Gasteiger partial charge in [0.15, 0.2) is 5.82 Å². The molecule has 0 unspecified atom stereocenters. The third-order valence-electron chi connectivity index (χ3n) is 2.22. The van der Waals surface area contributed by atoms with Gasteiger partial charge in [-0.1, -0.05) is 18.2 Å². The van der Waals surface area contributed by atoms with E-state index in [1.165, 1.54) is 0 Å². The van der Waals surface area contributed by atoms with E-state index in [-0.39, 0.29) is 0 Å². The normalized spacial score (nSPS) is 16.5. The second kappa shape index (κ2) is 4.59. The molecule has 0 amide bonds. The Morgan fingerprint density at radius 1 is 1.40 bits per heavy atom. The van der Waals surface area contributed by atoms with Crippen molar-refractivity contribution >= 4 is 23.5 Å². The minimum absolute atomic E-state index is 0.446.